The summed E-state index contributed by atoms with van der Waals surface area (Å²) in [5, 5.41) is 0. The molecular weight excluding hydrogens is 230 g/mol. The van der Waals surface area contributed by atoms with Gasteiger partial charge in [-0.1, -0.05) is 26.2 Å². The van der Waals surface area contributed by atoms with Gasteiger partial charge in [0.2, 0.25) is 11.8 Å². The number of carbonyl (C=O) groups excluding carboxylic acids is 2. The van der Waals surface area contributed by atoms with Crippen LogP contribution in [0.2, 0.25) is 0 Å². The highest BCUT2D eigenvalue weighted by Gasteiger charge is 2.36. The van der Waals surface area contributed by atoms with E-state index < -0.39 is 11.4 Å². The van der Waals surface area contributed by atoms with E-state index in [1.165, 1.54) is 0 Å². The molecule has 0 heterocycles. The molecule has 1 aliphatic rings. The molecule has 0 aromatic carbocycles. The molecule has 4 N–H and O–H groups in total. The lowest BCUT2D eigenvalue weighted by atomic mass is 9.94. The molecule has 1 atom stereocenters. The Bertz CT molecular complexity index is 309. The highest BCUT2D eigenvalue weighted by molar-refractivity contribution is 5.89. The third-order valence-electron chi connectivity index (χ3n) is 3.61. The van der Waals surface area contributed by atoms with Crippen molar-refractivity contribution in [3.05, 3.63) is 0 Å². The quantitative estimate of drug-likeness (QED) is 0.734. The van der Waals surface area contributed by atoms with Gasteiger partial charge in [-0.15, -0.1) is 0 Å². The van der Waals surface area contributed by atoms with E-state index in [0.717, 1.165) is 32.1 Å². The Hall–Kier alpha value is -1.10. The Kier molecular flexibility index (Phi) is 5.14. The van der Waals surface area contributed by atoms with E-state index in [0.29, 0.717) is 6.42 Å². The molecule has 5 heteroatoms. The first-order chi connectivity index (χ1) is 8.38. The van der Waals surface area contributed by atoms with E-state index in [4.69, 9.17) is 11.5 Å². The predicted molar refractivity (Wildman–Crippen MR) is 70.7 cm³/mol. The van der Waals surface area contributed by atoms with Crippen molar-refractivity contribution in [1.29, 1.82) is 0 Å². The summed E-state index contributed by atoms with van der Waals surface area (Å²) in [7, 11) is 0. The summed E-state index contributed by atoms with van der Waals surface area (Å²) in [5.74, 6) is -0.613. The fraction of sp³-hybridized carbons (Fsp3) is 0.846. The van der Waals surface area contributed by atoms with Crippen LogP contribution in [0.25, 0.3) is 0 Å². The van der Waals surface area contributed by atoms with E-state index in [1.807, 2.05) is 6.92 Å². The van der Waals surface area contributed by atoms with Crippen molar-refractivity contribution in [3.63, 3.8) is 0 Å². The van der Waals surface area contributed by atoms with Gasteiger partial charge in [0.05, 0.1) is 12.1 Å². The molecule has 104 valence electrons. The van der Waals surface area contributed by atoms with Gasteiger partial charge < -0.3 is 16.4 Å². The van der Waals surface area contributed by atoms with Gasteiger partial charge in [-0.05, 0) is 26.2 Å². The number of carbonyl (C=O) groups is 2. The maximum atomic E-state index is 12.5. The molecule has 0 bridgehead atoms. The summed E-state index contributed by atoms with van der Waals surface area (Å²) in [6.07, 6.45) is 5.55. The van der Waals surface area contributed by atoms with Gasteiger partial charge in [-0.3, -0.25) is 9.59 Å². The summed E-state index contributed by atoms with van der Waals surface area (Å²) in [4.78, 5) is 25.2. The maximum Gasteiger partial charge on any atom is 0.243 e. The van der Waals surface area contributed by atoms with Crippen LogP contribution in [0.3, 0.4) is 0 Å². The van der Waals surface area contributed by atoms with Crippen LogP contribution < -0.4 is 11.5 Å². The molecule has 18 heavy (non-hydrogen) atoms. The number of nitrogens with two attached hydrogens (primary N) is 2. The van der Waals surface area contributed by atoms with Crippen LogP contribution in [-0.4, -0.2) is 34.8 Å². The fourth-order valence-electron chi connectivity index (χ4n) is 2.70. The SMILES string of the molecule is CCCC(C)(N)C(=O)N(CC(N)=O)C1CCCC1. The van der Waals surface area contributed by atoms with Gasteiger partial charge in [-0.2, -0.15) is 0 Å². The molecular formula is C13H25N3O2. The number of primary amides is 1. The van der Waals surface area contributed by atoms with Crippen LogP contribution in [0.15, 0.2) is 0 Å². The topological polar surface area (TPSA) is 89.4 Å². The minimum absolute atomic E-state index is 0.0139. The smallest absolute Gasteiger partial charge is 0.243 e. The third kappa shape index (κ3) is 3.70. The lowest BCUT2D eigenvalue weighted by Crippen LogP contribution is -2.57. The molecule has 1 saturated carbocycles. The van der Waals surface area contributed by atoms with E-state index in [2.05, 4.69) is 0 Å². The zero-order valence-electron chi connectivity index (χ0n) is 11.4. The van der Waals surface area contributed by atoms with Crippen molar-refractivity contribution in [1.82, 2.24) is 4.90 Å². The van der Waals surface area contributed by atoms with Crippen molar-refractivity contribution in [2.75, 3.05) is 6.54 Å². The minimum atomic E-state index is -0.896. The zero-order chi connectivity index (χ0) is 13.8. The first-order valence-electron chi connectivity index (χ1n) is 6.76. The van der Waals surface area contributed by atoms with Crippen LogP contribution in [-0.2, 0) is 9.59 Å². The van der Waals surface area contributed by atoms with Crippen molar-refractivity contribution in [3.8, 4) is 0 Å². The summed E-state index contributed by atoms with van der Waals surface area (Å²) in [6, 6.07) is 0.129. The maximum absolute atomic E-state index is 12.5. The van der Waals surface area contributed by atoms with Crippen molar-refractivity contribution in [2.45, 2.75) is 64.0 Å². The Balaban J connectivity index is 2.81. The van der Waals surface area contributed by atoms with E-state index in [-0.39, 0.29) is 18.5 Å². The lowest BCUT2D eigenvalue weighted by Gasteiger charge is -2.35. The first kappa shape index (κ1) is 15.0. The predicted octanol–water partition coefficient (Wildman–Crippen LogP) is 0.760. The van der Waals surface area contributed by atoms with E-state index >= 15 is 0 Å². The zero-order valence-corrected chi connectivity index (χ0v) is 11.4. The molecule has 5 nitrogen and oxygen atoms in total. The Morgan fingerprint density at radius 3 is 2.33 bits per heavy atom. The molecule has 1 unspecified atom stereocenters. The standard InChI is InChI=1S/C13H25N3O2/c1-3-8-13(2,15)12(18)16(9-11(14)17)10-6-4-5-7-10/h10H,3-9,15H2,1-2H3,(H2,14,17). The number of nitrogens with zero attached hydrogens (tertiary/aromatic N) is 1. The van der Waals surface area contributed by atoms with Crippen LogP contribution in [0.5, 0.6) is 0 Å². The summed E-state index contributed by atoms with van der Waals surface area (Å²) in [5.41, 5.74) is 10.4. The summed E-state index contributed by atoms with van der Waals surface area (Å²) >= 11 is 0. The highest BCUT2D eigenvalue weighted by Crippen LogP contribution is 2.26. The highest BCUT2D eigenvalue weighted by atomic mass is 16.2. The van der Waals surface area contributed by atoms with Gasteiger partial charge in [0.15, 0.2) is 0 Å². The molecule has 1 fully saturated rings. The molecule has 0 aromatic heterocycles. The average molecular weight is 255 g/mol. The van der Waals surface area contributed by atoms with Gasteiger partial charge >= 0.3 is 0 Å². The Morgan fingerprint density at radius 1 is 1.33 bits per heavy atom. The normalized spacial score (nSPS) is 19.5. The van der Waals surface area contributed by atoms with Gasteiger partial charge in [0.1, 0.15) is 0 Å². The molecule has 0 spiro atoms. The largest absolute Gasteiger partial charge is 0.368 e. The summed E-state index contributed by atoms with van der Waals surface area (Å²) in [6.45, 7) is 3.72. The monoisotopic (exact) mass is 255 g/mol. The second kappa shape index (κ2) is 6.18. The van der Waals surface area contributed by atoms with E-state index in [9.17, 15) is 9.59 Å². The van der Waals surface area contributed by atoms with Gasteiger partial charge in [0.25, 0.3) is 0 Å². The van der Waals surface area contributed by atoms with Crippen LogP contribution in [0.4, 0.5) is 0 Å². The lowest BCUT2D eigenvalue weighted by molar-refractivity contribution is -0.142. The van der Waals surface area contributed by atoms with Crippen molar-refractivity contribution in [2.24, 2.45) is 11.5 Å². The average Bonchev–Trinajstić information content (AvgIpc) is 2.77. The summed E-state index contributed by atoms with van der Waals surface area (Å²) < 4.78 is 0. The Labute approximate surface area is 109 Å². The third-order valence-corrected chi connectivity index (χ3v) is 3.61. The number of amides is 2. The Morgan fingerprint density at radius 2 is 1.89 bits per heavy atom. The van der Waals surface area contributed by atoms with Crippen LogP contribution in [0.1, 0.15) is 52.4 Å². The van der Waals surface area contributed by atoms with Gasteiger partial charge in [0, 0.05) is 6.04 Å². The second-order valence-electron chi connectivity index (χ2n) is 5.51. The van der Waals surface area contributed by atoms with Crippen molar-refractivity contribution >= 4 is 11.8 Å². The molecule has 1 rings (SSSR count). The van der Waals surface area contributed by atoms with Gasteiger partial charge in [-0.25, -0.2) is 0 Å². The molecule has 0 aromatic rings. The molecule has 1 aliphatic carbocycles. The number of hydrogen-bond acceptors (Lipinski definition) is 3. The second-order valence-corrected chi connectivity index (χ2v) is 5.51. The molecule has 2 amide bonds. The molecule has 0 saturated heterocycles. The minimum Gasteiger partial charge on any atom is -0.368 e. The van der Waals surface area contributed by atoms with Crippen LogP contribution >= 0.6 is 0 Å². The first-order valence-corrected chi connectivity index (χ1v) is 6.76. The number of hydrogen-bond donors (Lipinski definition) is 2. The van der Waals surface area contributed by atoms with Crippen molar-refractivity contribution < 1.29 is 9.59 Å². The number of rotatable bonds is 6. The molecule has 0 radical (unpaired) electrons. The van der Waals surface area contributed by atoms with Crippen LogP contribution in [0, 0.1) is 0 Å². The van der Waals surface area contributed by atoms with E-state index in [1.54, 1.807) is 11.8 Å². The fourth-order valence-corrected chi connectivity index (χ4v) is 2.70. The molecule has 0 aliphatic heterocycles.